The molecule has 0 spiro atoms. The maximum atomic E-state index is 12.4. The summed E-state index contributed by atoms with van der Waals surface area (Å²) in [5.41, 5.74) is -0.563. The van der Waals surface area contributed by atoms with Crippen molar-refractivity contribution in [3.63, 3.8) is 0 Å². The molecule has 0 aliphatic carbocycles. The Morgan fingerprint density at radius 2 is 2.24 bits per heavy atom. The number of hydrogen-bond donors (Lipinski definition) is 1. The predicted octanol–water partition coefficient (Wildman–Crippen LogP) is 2.97. The van der Waals surface area contributed by atoms with E-state index in [0.717, 1.165) is 12.1 Å². The van der Waals surface area contributed by atoms with E-state index in [1.165, 1.54) is 6.07 Å². The molecular weight excluding hydrogens is 230 g/mol. The smallest absolute Gasteiger partial charge is 0.292 e. The number of nitrogens with zero attached hydrogens (tertiary/aromatic N) is 1. The third-order valence-corrected chi connectivity index (χ3v) is 2.01. The van der Waals surface area contributed by atoms with E-state index in [4.69, 9.17) is 0 Å². The molecule has 17 heavy (non-hydrogen) atoms. The van der Waals surface area contributed by atoms with Gasteiger partial charge in [-0.1, -0.05) is 12.0 Å². The number of nitro benzene ring substituents is 1. The Kier molecular flexibility index (Phi) is 4.40. The van der Waals surface area contributed by atoms with Crippen molar-refractivity contribution in [2.45, 2.75) is 13.3 Å². The van der Waals surface area contributed by atoms with Crippen molar-refractivity contribution >= 4 is 11.4 Å². The Bertz CT molecular complexity index is 478. The van der Waals surface area contributed by atoms with Crippen molar-refractivity contribution in [1.82, 2.24) is 0 Å². The summed E-state index contributed by atoms with van der Waals surface area (Å²) in [6, 6.07) is 3.28. The van der Waals surface area contributed by atoms with Gasteiger partial charge in [0.05, 0.1) is 11.5 Å². The lowest BCUT2D eigenvalue weighted by atomic mass is 10.2. The number of rotatable bonds is 4. The van der Waals surface area contributed by atoms with Gasteiger partial charge in [0.25, 0.3) is 12.1 Å². The van der Waals surface area contributed by atoms with Gasteiger partial charge >= 0.3 is 0 Å². The summed E-state index contributed by atoms with van der Waals surface area (Å²) in [5, 5.41) is 13.4. The molecule has 4 nitrogen and oxygen atoms in total. The van der Waals surface area contributed by atoms with Crippen molar-refractivity contribution in [3.05, 3.63) is 33.9 Å². The Balaban J connectivity index is 3.03. The SMILES string of the molecule is CC#CCNc1ccc(C(F)F)cc1[N+](=O)[O-]. The minimum atomic E-state index is -2.72. The normalized spacial score (nSPS) is 9.65. The van der Waals surface area contributed by atoms with Crippen LogP contribution in [0.3, 0.4) is 0 Å². The van der Waals surface area contributed by atoms with Gasteiger partial charge in [0.2, 0.25) is 0 Å². The van der Waals surface area contributed by atoms with Gasteiger partial charge in [-0.05, 0) is 13.0 Å². The quantitative estimate of drug-likeness (QED) is 0.500. The molecule has 0 saturated heterocycles. The molecular formula is C11H10F2N2O2. The molecule has 1 aromatic carbocycles. The van der Waals surface area contributed by atoms with Gasteiger partial charge in [0, 0.05) is 11.6 Å². The molecule has 0 fully saturated rings. The van der Waals surface area contributed by atoms with Crippen LogP contribution in [0.15, 0.2) is 18.2 Å². The monoisotopic (exact) mass is 240 g/mol. The molecule has 0 aromatic heterocycles. The van der Waals surface area contributed by atoms with E-state index in [-0.39, 0.29) is 23.5 Å². The van der Waals surface area contributed by atoms with Crippen LogP contribution in [0, 0.1) is 22.0 Å². The van der Waals surface area contributed by atoms with Crippen LogP contribution in [0.5, 0.6) is 0 Å². The Labute approximate surface area is 96.8 Å². The van der Waals surface area contributed by atoms with E-state index in [1.807, 2.05) is 0 Å². The first kappa shape index (κ1) is 12.9. The number of alkyl halides is 2. The molecule has 1 aromatic rings. The fourth-order valence-electron chi connectivity index (χ4n) is 1.21. The highest BCUT2D eigenvalue weighted by Crippen LogP contribution is 2.29. The van der Waals surface area contributed by atoms with Crippen LogP contribution < -0.4 is 5.32 Å². The highest BCUT2D eigenvalue weighted by atomic mass is 19.3. The summed E-state index contributed by atoms with van der Waals surface area (Å²) in [6.45, 7) is 1.86. The number of anilines is 1. The number of halogens is 2. The fourth-order valence-corrected chi connectivity index (χ4v) is 1.21. The second kappa shape index (κ2) is 5.80. The minimum Gasteiger partial charge on any atom is -0.369 e. The fraction of sp³-hybridized carbons (Fsp3) is 0.273. The molecule has 0 radical (unpaired) electrons. The zero-order valence-corrected chi connectivity index (χ0v) is 9.04. The van der Waals surface area contributed by atoms with Gasteiger partial charge in [-0.3, -0.25) is 10.1 Å². The van der Waals surface area contributed by atoms with Crippen LogP contribution in [0.25, 0.3) is 0 Å². The molecule has 0 saturated carbocycles. The van der Waals surface area contributed by atoms with Gasteiger partial charge in [0.15, 0.2) is 0 Å². The lowest BCUT2D eigenvalue weighted by molar-refractivity contribution is -0.384. The van der Waals surface area contributed by atoms with E-state index in [0.29, 0.717) is 0 Å². The first-order chi connectivity index (χ1) is 8.06. The standard InChI is InChI=1S/C11H10F2N2O2/c1-2-3-6-14-9-5-4-8(11(12)13)7-10(9)15(16)17/h4-5,7,11,14H,6H2,1H3. The number of benzene rings is 1. The second-order valence-corrected chi connectivity index (χ2v) is 3.11. The highest BCUT2D eigenvalue weighted by Gasteiger charge is 2.17. The predicted molar refractivity (Wildman–Crippen MR) is 60.0 cm³/mol. The molecule has 0 amide bonds. The zero-order chi connectivity index (χ0) is 12.8. The molecule has 0 unspecified atom stereocenters. The summed E-state index contributed by atoms with van der Waals surface area (Å²) in [4.78, 5) is 10.0. The molecule has 6 heteroatoms. The van der Waals surface area contributed by atoms with Crippen LogP contribution in [0.4, 0.5) is 20.2 Å². The molecule has 1 rings (SSSR count). The molecule has 90 valence electrons. The van der Waals surface area contributed by atoms with Gasteiger partial charge in [-0.2, -0.15) is 0 Å². The Morgan fingerprint density at radius 1 is 1.53 bits per heavy atom. The largest absolute Gasteiger partial charge is 0.369 e. The Hall–Kier alpha value is -2.16. The first-order valence-electron chi connectivity index (χ1n) is 4.76. The zero-order valence-electron chi connectivity index (χ0n) is 9.04. The summed E-state index contributed by atoms with van der Waals surface area (Å²) < 4.78 is 24.8. The third-order valence-electron chi connectivity index (χ3n) is 2.01. The van der Waals surface area contributed by atoms with Crippen LogP contribution in [-0.4, -0.2) is 11.5 Å². The van der Waals surface area contributed by atoms with Crippen LogP contribution in [-0.2, 0) is 0 Å². The van der Waals surface area contributed by atoms with Gasteiger partial charge in [0.1, 0.15) is 5.69 Å². The molecule has 0 aliphatic rings. The second-order valence-electron chi connectivity index (χ2n) is 3.11. The van der Waals surface area contributed by atoms with Gasteiger partial charge < -0.3 is 5.32 Å². The maximum absolute atomic E-state index is 12.4. The van der Waals surface area contributed by atoms with Crippen LogP contribution in [0.1, 0.15) is 18.9 Å². The highest BCUT2D eigenvalue weighted by molar-refractivity contribution is 5.63. The molecule has 0 bridgehead atoms. The van der Waals surface area contributed by atoms with Crippen LogP contribution in [0.2, 0.25) is 0 Å². The average molecular weight is 240 g/mol. The lowest BCUT2D eigenvalue weighted by Gasteiger charge is -2.05. The Morgan fingerprint density at radius 3 is 2.76 bits per heavy atom. The summed E-state index contributed by atoms with van der Waals surface area (Å²) in [5.74, 6) is 5.28. The van der Waals surface area contributed by atoms with E-state index >= 15 is 0 Å². The molecule has 0 aliphatic heterocycles. The van der Waals surface area contributed by atoms with Gasteiger partial charge in [-0.25, -0.2) is 8.78 Å². The number of hydrogen-bond acceptors (Lipinski definition) is 3. The maximum Gasteiger partial charge on any atom is 0.292 e. The lowest BCUT2D eigenvalue weighted by Crippen LogP contribution is -2.03. The summed E-state index contributed by atoms with van der Waals surface area (Å²) in [7, 11) is 0. The van der Waals surface area contributed by atoms with E-state index in [1.54, 1.807) is 6.92 Å². The molecule has 0 atom stereocenters. The number of nitrogens with one attached hydrogen (secondary N) is 1. The van der Waals surface area contributed by atoms with E-state index in [9.17, 15) is 18.9 Å². The first-order valence-corrected chi connectivity index (χ1v) is 4.76. The van der Waals surface area contributed by atoms with Crippen molar-refractivity contribution in [2.24, 2.45) is 0 Å². The van der Waals surface area contributed by atoms with Crippen molar-refractivity contribution in [3.8, 4) is 11.8 Å². The van der Waals surface area contributed by atoms with Gasteiger partial charge in [-0.15, -0.1) is 5.92 Å². The van der Waals surface area contributed by atoms with Crippen LogP contribution >= 0.6 is 0 Å². The average Bonchev–Trinajstić information content (AvgIpc) is 2.29. The van der Waals surface area contributed by atoms with E-state index < -0.39 is 11.3 Å². The van der Waals surface area contributed by atoms with Crippen molar-refractivity contribution in [2.75, 3.05) is 11.9 Å². The van der Waals surface area contributed by atoms with E-state index in [2.05, 4.69) is 17.2 Å². The van der Waals surface area contributed by atoms with Crippen molar-refractivity contribution in [1.29, 1.82) is 0 Å². The molecule has 1 N–H and O–H groups in total. The summed E-state index contributed by atoms with van der Waals surface area (Å²) in [6.07, 6.45) is -2.72. The summed E-state index contributed by atoms with van der Waals surface area (Å²) >= 11 is 0. The molecule has 0 heterocycles. The third kappa shape index (κ3) is 3.41. The van der Waals surface area contributed by atoms with Crippen molar-refractivity contribution < 1.29 is 13.7 Å². The number of nitro groups is 1. The topological polar surface area (TPSA) is 55.2 Å². The minimum absolute atomic E-state index is 0.183.